The lowest BCUT2D eigenvalue weighted by Crippen LogP contribution is -2.59. The fraction of sp³-hybridized carbons (Fsp3) is 0.765. The van der Waals surface area contributed by atoms with E-state index in [1.807, 2.05) is 11.8 Å². The van der Waals surface area contributed by atoms with Gasteiger partial charge in [-0.3, -0.25) is 19.2 Å². The molecule has 3 aliphatic rings. The average Bonchev–Trinajstić information content (AvgIpc) is 2.66. The van der Waals surface area contributed by atoms with E-state index in [-0.39, 0.29) is 36.8 Å². The van der Waals surface area contributed by atoms with Crippen molar-refractivity contribution >= 4 is 36.0 Å². The molecule has 4 amide bonds. The van der Waals surface area contributed by atoms with Crippen molar-refractivity contribution in [3.05, 3.63) is 0 Å². The summed E-state index contributed by atoms with van der Waals surface area (Å²) in [5.74, 6) is -1.21. The number of likely N-dealkylation sites (tertiary alicyclic amines) is 1. The molecule has 0 aliphatic carbocycles. The second kappa shape index (κ2) is 9.36. The molecule has 0 bridgehead atoms. The molecular formula is C17H28ClN5O4. The van der Waals surface area contributed by atoms with E-state index in [1.165, 1.54) is 9.80 Å². The number of halogens is 1. The molecule has 3 heterocycles. The standard InChI is InChI=1S/C17H27N5O4.ClH/c1-2-19-8-9-21(17(26)16(19)25)12-15(24)20-6-3-4-13(11-20)22-7-5-18-10-14(22)23;/h13,18H,2-12H2,1H3;1H. The van der Waals surface area contributed by atoms with Crippen LogP contribution in [0.3, 0.4) is 0 Å². The average molecular weight is 402 g/mol. The van der Waals surface area contributed by atoms with E-state index in [0.29, 0.717) is 45.8 Å². The van der Waals surface area contributed by atoms with Gasteiger partial charge in [0.2, 0.25) is 11.8 Å². The molecule has 10 heteroatoms. The highest BCUT2D eigenvalue weighted by molar-refractivity contribution is 6.35. The van der Waals surface area contributed by atoms with Crippen molar-refractivity contribution < 1.29 is 19.2 Å². The van der Waals surface area contributed by atoms with Crippen LogP contribution in [-0.4, -0.2) is 108 Å². The van der Waals surface area contributed by atoms with Gasteiger partial charge in [-0.2, -0.15) is 0 Å². The molecule has 1 atom stereocenters. The fourth-order valence-corrected chi connectivity index (χ4v) is 3.87. The van der Waals surface area contributed by atoms with Gasteiger partial charge in [0.25, 0.3) is 0 Å². The molecule has 3 rings (SSSR count). The number of carbonyl (C=O) groups excluding carboxylic acids is 4. The SMILES string of the molecule is CCN1CCN(CC(=O)N2CCCC(N3CCNCC3=O)C2)C(=O)C1=O.Cl. The Morgan fingerprint density at radius 2 is 1.78 bits per heavy atom. The van der Waals surface area contributed by atoms with Crippen molar-refractivity contribution in [1.82, 2.24) is 24.9 Å². The molecule has 3 aliphatic heterocycles. The molecule has 0 aromatic carbocycles. The topological polar surface area (TPSA) is 93.3 Å². The van der Waals surface area contributed by atoms with E-state index in [2.05, 4.69) is 5.32 Å². The highest BCUT2D eigenvalue weighted by atomic mass is 35.5. The van der Waals surface area contributed by atoms with Crippen LogP contribution < -0.4 is 5.32 Å². The Labute approximate surface area is 165 Å². The van der Waals surface area contributed by atoms with E-state index in [0.717, 1.165) is 19.4 Å². The Morgan fingerprint density at radius 3 is 2.48 bits per heavy atom. The van der Waals surface area contributed by atoms with E-state index in [4.69, 9.17) is 0 Å². The zero-order chi connectivity index (χ0) is 18.7. The van der Waals surface area contributed by atoms with Crippen molar-refractivity contribution in [3.8, 4) is 0 Å². The summed E-state index contributed by atoms with van der Waals surface area (Å²) >= 11 is 0. The summed E-state index contributed by atoms with van der Waals surface area (Å²) in [7, 11) is 0. The van der Waals surface area contributed by atoms with Gasteiger partial charge >= 0.3 is 11.8 Å². The van der Waals surface area contributed by atoms with E-state index in [1.54, 1.807) is 4.90 Å². The van der Waals surface area contributed by atoms with E-state index < -0.39 is 11.8 Å². The number of carbonyl (C=O) groups is 4. The molecular weight excluding hydrogens is 374 g/mol. The van der Waals surface area contributed by atoms with Crippen molar-refractivity contribution in [3.63, 3.8) is 0 Å². The molecule has 0 aromatic heterocycles. The minimum atomic E-state index is -0.600. The monoisotopic (exact) mass is 401 g/mol. The van der Waals surface area contributed by atoms with Gasteiger partial charge in [0.1, 0.15) is 6.54 Å². The molecule has 0 saturated carbocycles. The van der Waals surface area contributed by atoms with Crippen LogP contribution in [0.1, 0.15) is 19.8 Å². The second-order valence-electron chi connectivity index (χ2n) is 7.01. The molecule has 1 unspecified atom stereocenters. The maximum atomic E-state index is 12.7. The smallest absolute Gasteiger partial charge is 0.312 e. The molecule has 3 saturated heterocycles. The number of amides is 4. The zero-order valence-electron chi connectivity index (χ0n) is 15.7. The highest BCUT2D eigenvalue weighted by Gasteiger charge is 2.35. The third-order valence-corrected chi connectivity index (χ3v) is 5.42. The Balaban J connectivity index is 0.00000261. The summed E-state index contributed by atoms with van der Waals surface area (Å²) in [5.41, 5.74) is 0. The Bertz CT molecular complexity index is 602. The molecule has 3 fully saturated rings. The lowest BCUT2D eigenvalue weighted by Gasteiger charge is -2.41. The molecule has 0 aromatic rings. The van der Waals surface area contributed by atoms with E-state index in [9.17, 15) is 19.2 Å². The molecule has 152 valence electrons. The van der Waals surface area contributed by atoms with Crippen molar-refractivity contribution in [2.75, 3.05) is 58.9 Å². The summed E-state index contributed by atoms with van der Waals surface area (Å²) in [6.45, 7) is 6.04. The summed E-state index contributed by atoms with van der Waals surface area (Å²) in [6.07, 6.45) is 1.73. The van der Waals surface area contributed by atoms with Crippen LogP contribution in [0.4, 0.5) is 0 Å². The number of likely N-dealkylation sites (N-methyl/N-ethyl adjacent to an activating group) is 1. The van der Waals surface area contributed by atoms with Crippen molar-refractivity contribution in [1.29, 1.82) is 0 Å². The number of piperazine rings is 2. The van der Waals surface area contributed by atoms with Crippen molar-refractivity contribution in [2.45, 2.75) is 25.8 Å². The van der Waals surface area contributed by atoms with Crippen LogP contribution in [0.25, 0.3) is 0 Å². The maximum absolute atomic E-state index is 12.7. The number of nitrogens with zero attached hydrogens (tertiary/aromatic N) is 4. The number of hydrogen-bond acceptors (Lipinski definition) is 5. The lowest BCUT2D eigenvalue weighted by molar-refractivity contribution is -0.158. The van der Waals surface area contributed by atoms with Crippen LogP contribution in [0, 0.1) is 0 Å². The fourth-order valence-electron chi connectivity index (χ4n) is 3.87. The number of hydrogen-bond donors (Lipinski definition) is 1. The summed E-state index contributed by atoms with van der Waals surface area (Å²) < 4.78 is 0. The van der Waals surface area contributed by atoms with Crippen LogP contribution >= 0.6 is 12.4 Å². The van der Waals surface area contributed by atoms with Gasteiger partial charge in [-0.05, 0) is 19.8 Å². The van der Waals surface area contributed by atoms with Gasteiger partial charge in [-0.15, -0.1) is 12.4 Å². The van der Waals surface area contributed by atoms with Crippen LogP contribution in [0.2, 0.25) is 0 Å². The summed E-state index contributed by atoms with van der Waals surface area (Å²) in [4.78, 5) is 55.3. The van der Waals surface area contributed by atoms with E-state index >= 15 is 0 Å². The van der Waals surface area contributed by atoms with Crippen LogP contribution in [0.5, 0.6) is 0 Å². The largest absolute Gasteiger partial charge is 0.339 e. The Kier molecular flexibility index (Phi) is 7.43. The first-order chi connectivity index (χ1) is 12.5. The van der Waals surface area contributed by atoms with Crippen molar-refractivity contribution in [2.24, 2.45) is 0 Å². The molecule has 0 spiro atoms. The van der Waals surface area contributed by atoms with Gasteiger partial charge in [-0.25, -0.2) is 0 Å². The third kappa shape index (κ3) is 4.70. The normalized spacial score (nSPS) is 24.2. The van der Waals surface area contributed by atoms with Crippen LogP contribution in [0.15, 0.2) is 0 Å². The predicted octanol–water partition coefficient (Wildman–Crippen LogP) is -1.48. The summed E-state index contributed by atoms with van der Waals surface area (Å²) in [5, 5.41) is 3.06. The first-order valence-corrected chi connectivity index (χ1v) is 9.37. The van der Waals surface area contributed by atoms with Crippen LogP contribution in [-0.2, 0) is 19.2 Å². The van der Waals surface area contributed by atoms with Gasteiger partial charge in [0.15, 0.2) is 0 Å². The lowest BCUT2D eigenvalue weighted by atomic mass is 10.0. The van der Waals surface area contributed by atoms with Gasteiger partial charge in [0, 0.05) is 51.9 Å². The first kappa shape index (κ1) is 21.4. The zero-order valence-corrected chi connectivity index (χ0v) is 16.5. The highest BCUT2D eigenvalue weighted by Crippen LogP contribution is 2.18. The first-order valence-electron chi connectivity index (χ1n) is 9.37. The minimum absolute atomic E-state index is 0. The number of rotatable bonds is 4. The third-order valence-electron chi connectivity index (χ3n) is 5.42. The van der Waals surface area contributed by atoms with Gasteiger partial charge < -0.3 is 24.9 Å². The Hall–Kier alpha value is -1.87. The number of nitrogens with one attached hydrogen (secondary N) is 1. The molecule has 9 nitrogen and oxygen atoms in total. The van der Waals surface area contributed by atoms with Gasteiger partial charge in [-0.1, -0.05) is 0 Å². The van der Waals surface area contributed by atoms with Gasteiger partial charge in [0.05, 0.1) is 6.54 Å². The second-order valence-corrected chi connectivity index (χ2v) is 7.01. The maximum Gasteiger partial charge on any atom is 0.312 e. The Morgan fingerprint density at radius 1 is 1.07 bits per heavy atom. The summed E-state index contributed by atoms with van der Waals surface area (Å²) in [6, 6.07) is 0.0385. The predicted molar refractivity (Wildman–Crippen MR) is 100 cm³/mol. The quantitative estimate of drug-likeness (QED) is 0.580. The molecule has 0 radical (unpaired) electrons. The minimum Gasteiger partial charge on any atom is -0.339 e. The molecule has 27 heavy (non-hydrogen) atoms. The number of piperidine rings is 1. The molecule has 1 N–H and O–H groups in total.